The van der Waals surface area contributed by atoms with Gasteiger partial charge in [0.1, 0.15) is 5.76 Å². The molecule has 4 aliphatic carbocycles. The van der Waals surface area contributed by atoms with Gasteiger partial charge < -0.3 is 10.2 Å². The molecule has 0 aliphatic heterocycles. The van der Waals surface area contributed by atoms with Crippen LogP contribution in [0.25, 0.3) is 0 Å². The highest BCUT2D eigenvalue weighted by Crippen LogP contribution is 2.65. The van der Waals surface area contributed by atoms with Gasteiger partial charge in [-0.25, -0.2) is 4.98 Å². The summed E-state index contributed by atoms with van der Waals surface area (Å²) in [6.07, 6.45) is 9.80. The lowest BCUT2D eigenvalue weighted by molar-refractivity contribution is -0.0693. The van der Waals surface area contributed by atoms with Crippen molar-refractivity contribution in [1.82, 2.24) is 4.98 Å². The molecule has 2 N–H and O–H groups in total. The monoisotopic (exact) mass is 246 g/mol. The lowest BCUT2D eigenvalue weighted by Gasteiger charge is -2.60. The van der Waals surface area contributed by atoms with Crippen LogP contribution in [-0.4, -0.2) is 4.98 Å². The van der Waals surface area contributed by atoms with Crippen LogP contribution in [0.2, 0.25) is 0 Å². The quantitative estimate of drug-likeness (QED) is 0.872. The first-order chi connectivity index (χ1) is 8.62. The molecule has 18 heavy (non-hydrogen) atoms. The predicted molar refractivity (Wildman–Crippen MR) is 68.9 cm³/mol. The Morgan fingerprint density at radius 3 is 2.67 bits per heavy atom. The SMILES string of the molecule is CC12CC3CC(C1)CC(c1ocnc1CN)(C3)C2. The van der Waals surface area contributed by atoms with Gasteiger partial charge in [0.05, 0.1) is 5.69 Å². The zero-order valence-electron chi connectivity index (χ0n) is 11.1. The molecule has 0 spiro atoms. The average molecular weight is 246 g/mol. The Balaban J connectivity index is 1.80. The Kier molecular flexibility index (Phi) is 2.07. The van der Waals surface area contributed by atoms with Gasteiger partial charge in [-0.1, -0.05) is 6.92 Å². The summed E-state index contributed by atoms with van der Waals surface area (Å²) in [5, 5.41) is 0. The molecule has 0 aromatic carbocycles. The number of oxazole rings is 1. The maximum atomic E-state index is 5.82. The average Bonchev–Trinajstić information content (AvgIpc) is 2.73. The lowest BCUT2D eigenvalue weighted by Crippen LogP contribution is -2.53. The van der Waals surface area contributed by atoms with E-state index in [9.17, 15) is 0 Å². The van der Waals surface area contributed by atoms with Gasteiger partial charge in [-0.2, -0.15) is 0 Å². The van der Waals surface area contributed by atoms with Crippen LogP contribution in [0.4, 0.5) is 0 Å². The number of nitrogens with two attached hydrogens (primary N) is 1. The molecule has 0 saturated heterocycles. The molecule has 2 atom stereocenters. The van der Waals surface area contributed by atoms with Crippen molar-refractivity contribution in [2.75, 3.05) is 0 Å². The first kappa shape index (κ1) is 11.0. The third-order valence-corrected chi connectivity index (χ3v) is 5.67. The van der Waals surface area contributed by atoms with Crippen LogP contribution < -0.4 is 5.73 Å². The maximum Gasteiger partial charge on any atom is 0.181 e. The van der Waals surface area contributed by atoms with Crippen molar-refractivity contribution >= 4 is 0 Å². The van der Waals surface area contributed by atoms with Crippen LogP contribution in [-0.2, 0) is 12.0 Å². The summed E-state index contributed by atoms with van der Waals surface area (Å²) in [5.41, 5.74) is 7.64. The van der Waals surface area contributed by atoms with Crippen LogP contribution in [0, 0.1) is 17.3 Å². The van der Waals surface area contributed by atoms with Crippen LogP contribution in [0.1, 0.15) is 56.9 Å². The second kappa shape index (κ2) is 3.38. The zero-order chi connectivity index (χ0) is 12.4. The highest BCUT2D eigenvalue weighted by Gasteiger charge is 2.58. The summed E-state index contributed by atoms with van der Waals surface area (Å²) in [6.45, 7) is 3.00. The lowest BCUT2D eigenvalue weighted by atomic mass is 9.44. The van der Waals surface area contributed by atoms with Gasteiger partial charge in [-0.15, -0.1) is 0 Å². The smallest absolute Gasteiger partial charge is 0.181 e. The Hall–Kier alpha value is -0.830. The molecule has 0 radical (unpaired) electrons. The van der Waals surface area contributed by atoms with E-state index >= 15 is 0 Å². The highest BCUT2D eigenvalue weighted by molar-refractivity contribution is 5.26. The van der Waals surface area contributed by atoms with Gasteiger partial charge in [-0.05, 0) is 55.8 Å². The second-order valence-electron chi connectivity index (χ2n) is 7.38. The fraction of sp³-hybridized carbons (Fsp3) is 0.800. The van der Waals surface area contributed by atoms with Crippen LogP contribution in [0.3, 0.4) is 0 Å². The zero-order valence-corrected chi connectivity index (χ0v) is 11.1. The number of rotatable bonds is 2. The van der Waals surface area contributed by atoms with E-state index in [0.717, 1.165) is 23.3 Å². The van der Waals surface area contributed by atoms with E-state index in [1.165, 1.54) is 38.5 Å². The Morgan fingerprint density at radius 2 is 2.06 bits per heavy atom. The Labute approximate surface area is 108 Å². The summed E-state index contributed by atoms with van der Waals surface area (Å²) in [7, 11) is 0. The summed E-state index contributed by atoms with van der Waals surface area (Å²) in [5.74, 6) is 2.95. The van der Waals surface area contributed by atoms with Gasteiger partial charge in [-0.3, -0.25) is 0 Å². The Bertz CT molecular complexity index is 465. The van der Waals surface area contributed by atoms with E-state index in [4.69, 9.17) is 10.2 Å². The molecule has 4 bridgehead atoms. The molecule has 1 heterocycles. The fourth-order valence-corrected chi connectivity index (χ4v) is 5.83. The molecule has 4 saturated carbocycles. The van der Waals surface area contributed by atoms with Gasteiger partial charge in [0, 0.05) is 12.0 Å². The molecule has 2 unspecified atom stereocenters. The van der Waals surface area contributed by atoms with Gasteiger partial charge in [0.2, 0.25) is 0 Å². The van der Waals surface area contributed by atoms with Crippen LogP contribution in [0.5, 0.6) is 0 Å². The van der Waals surface area contributed by atoms with Gasteiger partial charge in [0.25, 0.3) is 0 Å². The number of nitrogens with zero attached hydrogens (tertiary/aromatic N) is 1. The van der Waals surface area contributed by atoms with Gasteiger partial charge in [0.15, 0.2) is 6.39 Å². The number of aromatic nitrogens is 1. The minimum Gasteiger partial charge on any atom is -0.448 e. The molecule has 4 fully saturated rings. The standard InChI is InChI=1S/C15H22N2O/c1-14-3-10-2-11(4-14)6-15(5-10,8-14)13-12(7-16)17-9-18-13/h9-11H,2-8,16H2,1H3. The topological polar surface area (TPSA) is 52.0 Å². The van der Waals surface area contributed by atoms with E-state index in [1.54, 1.807) is 6.39 Å². The fourth-order valence-electron chi connectivity index (χ4n) is 5.83. The Morgan fingerprint density at radius 1 is 1.33 bits per heavy atom. The van der Waals surface area contributed by atoms with E-state index in [2.05, 4.69) is 11.9 Å². The van der Waals surface area contributed by atoms with Crippen molar-refractivity contribution in [2.45, 2.75) is 57.4 Å². The van der Waals surface area contributed by atoms with Gasteiger partial charge >= 0.3 is 0 Å². The molecule has 1 aromatic heterocycles. The molecular weight excluding hydrogens is 224 g/mol. The van der Waals surface area contributed by atoms with Crippen molar-refractivity contribution in [3.05, 3.63) is 17.8 Å². The van der Waals surface area contributed by atoms with Crippen molar-refractivity contribution in [3.63, 3.8) is 0 Å². The summed E-state index contributed by atoms with van der Waals surface area (Å²) in [6, 6.07) is 0. The van der Waals surface area contributed by atoms with E-state index in [1.807, 2.05) is 0 Å². The normalized spacial score (nSPS) is 45.7. The second-order valence-corrected chi connectivity index (χ2v) is 7.38. The summed E-state index contributed by atoms with van der Waals surface area (Å²) >= 11 is 0. The molecule has 3 nitrogen and oxygen atoms in total. The molecule has 98 valence electrons. The van der Waals surface area contributed by atoms with Crippen molar-refractivity contribution in [3.8, 4) is 0 Å². The third kappa shape index (κ3) is 1.37. The molecule has 1 aromatic rings. The van der Waals surface area contributed by atoms with Crippen molar-refractivity contribution < 1.29 is 4.42 Å². The molecule has 3 heteroatoms. The molecule has 0 amide bonds. The molecule has 5 rings (SSSR count). The number of hydrogen-bond donors (Lipinski definition) is 1. The van der Waals surface area contributed by atoms with Crippen LogP contribution in [0.15, 0.2) is 10.8 Å². The predicted octanol–water partition coefficient (Wildman–Crippen LogP) is 2.99. The minimum atomic E-state index is 0.268. The molecule has 4 aliphatic rings. The maximum absolute atomic E-state index is 5.82. The molecular formula is C15H22N2O. The largest absolute Gasteiger partial charge is 0.448 e. The minimum absolute atomic E-state index is 0.268. The third-order valence-electron chi connectivity index (χ3n) is 5.67. The van der Waals surface area contributed by atoms with E-state index < -0.39 is 0 Å². The van der Waals surface area contributed by atoms with Crippen molar-refractivity contribution in [1.29, 1.82) is 0 Å². The van der Waals surface area contributed by atoms with Crippen LogP contribution >= 0.6 is 0 Å². The number of hydrogen-bond acceptors (Lipinski definition) is 3. The first-order valence-corrected chi connectivity index (χ1v) is 7.25. The summed E-state index contributed by atoms with van der Waals surface area (Å²) < 4.78 is 5.79. The van der Waals surface area contributed by atoms with Crippen molar-refractivity contribution in [2.24, 2.45) is 23.0 Å². The van der Waals surface area contributed by atoms with E-state index in [-0.39, 0.29) is 5.41 Å². The summed E-state index contributed by atoms with van der Waals surface area (Å²) in [4.78, 5) is 4.32. The highest BCUT2D eigenvalue weighted by atomic mass is 16.3. The first-order valence-electron chi connectivity index (χ1n) is 7.25. The van der Waals surface area contributed by atoms with E-state index in [0.29, 0.717) is 12.0 Å².